The summed E-state index contributed by atoms with van der Waals surface area (Å²) in [6.45, 7) is 6.40. The van der Waals surface area contributed by atoms with Gasteiger partial charge in [-0.1, -0.05) is 38.1 Å². The molecule has 5 rings (SSSR count). The highest BCUT2D eigenvalue weighted by Gasteiger charge is 2.54. The van der Waals surface area contributed by atoms with E-state index >= 15 is 0 Å². The number of phenolic OH excluding ortho intramolecular Hbond substituents is 2. The maximum Gasteiger partial charge on any atom is 0.165 e. The lowest BCUT2D eigenvalue weighted by Crippen LogP contribution is -2.58. The number of aliphatic hydroxyl groups excluding tert-OH is 1. The minimum absolute atomic E-state index is 0.0415. The van der Waals surface area contributed by atoms with Crippen molar-refractivity contribution in [2.75, 3.05) is 21.3 Å². The third kappa shape index (κ3) is 5.41. The SMILES string of the molecule is COc1ccc(C=Cc2c(O)cc(C=Cc3cc4c(c(OC)c3)O[C@]3(C)CC[C@@H](O)C(C)(C)[C@H]3C4)cc2O)cc1OC. The molecule has 0 radical (unpaired) electrons. The molecule has 0 spiro atoms. The third-order valence-corrected chi connectivity index (χ3v) is 9.02. The van der Waals surface area contributed by atoms with Gasteiger partial charge in [-0.05, 0) is 96.3 Å². The standard InChI is InChI=1S/C35H40O7/c1-34(2)31-20-24-15-22(19-30(41-6)33(24)42-35(31,3)14-13-32(34)38)7-8-23-16-26(36)25(27(37)17-23)11-9-21-10-12-28(39-4)29(18-21)40-5/h7-12,15-19,31-32,36-38H,13-14,20H2,1-6H3/t31-,32-,35-/m1/s1. The summed E-state index contributed by atoms with van der Waals surface area (Å²) in [5.41, 5.74) is 3.08. The van der Waals surface area contributed by atoms with Gasteiger partial charge in [0.25, 0.3) is 0 Å². The first-order valence-electron chi connectivity index (χ1n) is 14.2. The molecule has 0 unspecified atom stereocenters. The Morgan fingerprint density at radius 1 is 0.762 bits per heavy atom. The first-order valence-corrected chi connectivity index (χ1v) is 14.2. The maximum atomic E-state index is 10.8. The zero-order chi connectivity index (χ0) is 30.2. The summed E-state index contributed by atoms with van der Waals surface area (Å²) < 4.78 is 23.0. The zero-order valence-electron chi connectivity index (χ0n) is 25.1. The molecule has 0 aromatic heterocycles. The monoisotopic (exact) mass is 572 g/mol. The van der Waals surface area contributed by atoms with E-state index in [9.17, 15) is 15.3 Å². The van der Waals surface area contributed by atoms with Crippen LogP contribution in [0.5, 0.6) is 34.5 Å². The van der Waals surface area contributed by atoms with Gasteiger partial charge >= 0.3 is 0 Å². The van der Waals surface area contributed by atoms with E-state index in [1.165, 1.54) is 0 Å². The van der Waals surface area contributed by atoms with Crippen LogP contribution in [-0.4, -0.2) is 48.4 Å². The number of methoxy groups -OCH3 is 3. The zero-order valence-corrected chi connectivity index (χ0v) is 25.1. The number of hydrogen-bond acceptors (Lipinski definition) is 7. The number of hydrogen-bond donors (Lipinski definition) is 3. The smallest absolute Gasteiger partial charge is 0.165 e. The van der Waals surface area contributed by atoms with Gasteiger partial charge in [-0.3, -0.25) is 0 Å². The molecule has 1 heterocycles. The van der Waals surface area contributed by atoms with Gasteiger partial charge < -0.3 is 34.3 Å². The summed E-state index contributed by atoms with van der Waals surface area (Å²) >= 11 is 0. The molecular weight excluding hydrogens is 532 g/mol. The average molecular weight is 573 g/mol. The fraction of sp³-hybridized carbons (Fsp3) is 0.371. The van der Waals surface area contributed by atoms with E-state index in [1.807, 2.05) is 30.4 Å². The second-order valence-electron chi connectivity index (χ2n) is 12.0. The number of phenols is 2. The second-order valence-corrected chi connectivity index (χ2v) is 12.0. The van der Waals surface area contributed by atoms with E-state index in [0.29, 0.717) is 34.8 Å². The molecule has 1 aliphatic heterocycles. The van der Waals surface area contributed by atoms with Crippen molar-refractivity contribution in [2.45, 2.75) is 51.7 Å². The number of ether oxygens (including phenoxy) is 4. The molecule has 0 bridgehead atoms. The molecule has 0 amide bonds. The predicted molar refractivity (Wildman–Crippen MR) is 165 cm³/mol. The molecule has 1 saturated carbocycles. The van der Waals surface area contributed by atoms with Crippen molar-refractivity contribution >= 4 is 24.3 Å². The van der Waals surface area contributed by atoms with E-state index in [0.717, 1.165) is 35.3 Å². The summed E-state index contributed by atoms with van der Waals surface area (Å²) in [5, 5.41) is 32.2. The molecular formula is C35H40O7. The molecule has 1 aliphatic carbocycles. The summed E-state index contributed by atoms with van der Waals surface area (Å²) in [4.78, 5) is 0. The lowest BCUT2D eigenvalue weighted by molar-refractivity contribution is -0.138. The van der Waals surface area contributed by atoms with Gasteiger partial charge in [0.05, 0.1) is 33.0 Å². The van der Waals surface area contributed by atoms with E-state index in [2.05, 4.69) is 26.8 Å². The van der Waals surface area contributed by atoms with Crippen LogP contribution in [0.2, 0.25) is 0 Å². The van der Waals surface area contributed by atoms with Crippen LogP contribution in [0.4, 0.5) is 0 Å². The third-order valence-electron chi connectivity index (χ3n) is 9.02. The highest BCUT2D eigenvalue weighted by atomic mass is 16.5. The molecule has 42 heavy (non-hydrogen) atoms. The van der Waals surface area contributed by atoms with Crippen LogP contribution in [-0.2, 0) is 6.42 Å². The Bertz CT molecular complexity index is 1510. The molecule has 7 nitrogen and oxygen atoms in total. The highest BCUT2D eigenvalue weighted by molar-refractivity contribution is 5.80. The van der Waals surface area contributed by atoms with E-state index < -0.39 is 0 Å². The second kappa shape index (κ2) is 11.3. The van der Waals surface area contributed by atoms with Gasteiger partial charge in [-0.25, -0.2) is 0 Å². The van der Waals surface area contributed by atoms with E-state index in [4.69, 9.17) is 18.9 Å². The molecule has 3 aromatic carbocycles. The first kappa shape index (κ1) is 29.4. The quantitative estimate of drug-likeness (QED) is 0.264. The number of benzene rings is 3. The largest absolute Gasteiger partial charge is 0.507 e. The van der Waals surface area contributed by atoms with Crippen molar-refractivity contribution < 1.29 is 34.3 Å². The van der Waals surface area contributed by atoms with Crippen LogP contribution >= 0.6 is 0 Å². The van der Waals surface area contributed by atoms with Crippen LogP contribution < -0.4 is 18.9 Å². The first-order chi connectivity index (χ1) is 20.0. The highest BCUT2D eigenvalue weighted by Crippen LogP contribution is 2.55. The van der Waals surface area contributed by atoms with E-state index in [-0.39, 0.29) is 34.5 Å². The maximum absolute atomic E-state index is 10.8. The van der Waals surface area contributed by atoms with Crippen molar-refractivity contribution in [3.05, 3.63) is 70.3 Å². The molecule has 1 fully saturated rings. The fourth-order valence-corrected chi connectivity index (χ4v) is 6.48. The van der Waals surface area contributed by atoms with Crippen molar-refractivity contribution in [1.29, 1.82) is 0 Å². The average Bonchev–Trinajstić information content (AvgIpc) is 2.96. The van der Waals surface area contributed by atoms with Crippen molar-refractivity contribution in [3.63, 3.8) is 0 Å². The van der Waals surface area contributed by atoms with E-state index in [1.54, 1.807) is 51.7 Å². The van der Waals surface area contributed by atoms with Gasteiger partial charge in [0.1, 0.15) is 17.1 Å². The van der Waals surface area contributed by atoms with Crippen LogP contribution in [0.25, 0.3) is 24.3 Å². The fourth-order valence-electron chi connectivity index (χ4n) is 6.48. The summed E-state index contributed by atoms with van der Waals surface area (Å²) in [6, 6.07) is 12.7. The molecule has 3 aromatic rings. The molecule has 3 atom stereocenters. The minimum Gasteiger partial charge on any atom is -0.507 e. The van der Waals surface area contributed by atoms with Crippen LogP contribution in [0, 0.1) is 11.3 Å². The van der Waals surface area contributed by atoms with Crippen molar-refractivity contribution in [3.8, 4) is 34.5 Å². The number of aromatic hydroxyl groups is 2. The Balaban J connectivity index is 1.40. The lowest BCUT2D eigenvalue weighted by atomic mass is 9.57. The summed E-state index contributed by atoms with van der Waals surface area (Å²) in [6.07, 6.45) is 9.10. The van der Waals surface area contributed by atoms with Crippen LogP contribution in [0.15, 0.2) is 42.5 Å². The van der Waals surface area contributed by atoms with Gasteiger partial charge in [0, 0.05) is 5.92 Å². The Morgan fingerprint density at radius 3 is 2.00 bits per heavy atom. The predicted octanol–water partition coefficient (Wildman–Crippen LogP) is 6.96. The normalized spacial score (nSPS) is 22.8. The Morgan fingerprint density at radius 2 is 1.36 bits per heavy atom. The lowest BCUT2D eigenvalue weighted by Gasteiger charge is -2.55. The Labute approximate surface area is 247 Å². The molecule has 7 heteroatoms. The number of rotatable bonds is 7. The van der Waals surface area contributed by atoms with Gasteiger partial charge in [-0.2, -0.15) is 0 Å². The van der Waals surface area contributed by atoms with Crippen molar-refractivity contribution in [2.24, 2.45) is 11.3 Å². The summed E-state index contributed by atoms with van der Waals surface area (Å²) in [7, 11) is 4.79. The topological polar surface area (TPSA) is 97.6 Å². The number of fused-ring (bicyclic) bond motifs is 2. The minimum atomic E-state index is -0.372. The molecule has 222 valence electrons. The number of aliphatic hydroxyl groups is 1. The van der Waals surface area contributed by atoms with Crippen molar-refractivity contribution in [1.82, 2.24) is 0 Å². The van der Waals surface area contributed by atoms with Gasteiger partial charge in [-0.15, -0.1) is 0 Å². The Hall–Kier alpha value is -4.10. The van der Waals surface area contributed by atoms with Crippen LogP contribution in [0.1, 0.15) is 61.4 Å². The Kier molecular flexibility index (Phi) is 7.90. The summed E-state index contributed by atoms with van der Waals surface area (Å²) in [5.74, 6) is 2.71. The molecule has 3 N–H and O–H groups in total. The van der Waals surface area contributed by atoms with Gasteiger partial charge in [0.2, 0.25) is 0 Å². The van der Waals surface area contributed by atoms with Gasteiger partial charge in [0.15, 0.2) is 23.0 Å². The molecule has 2 aliphatic rings. The van der Waals surface area contributed by atoms with Crippen LogP contribution in [0.3, 0.4) is 0 Å². The molecule has 0 saturated heterocycles.